The summed E-state index contributed by atoms with van der Waals surface area (Å²) in [5, 5.41) is 5.63. The SMILES string of the molecule is C[C@H](NC(=O)C1CCCC1)C(=O)NCc1ccc(Oc2ccc(F)cc2)cc1. The van der Waals surface area contributed by atoms with Gasteiger partial charge in [0.25, 0.3) is 0 Å². The molecule has 0 bridgehead atoms. The van der Waals surface area contributed by atoms with E-state index in [4.69, 9.17) is 4.74 Å². The number of nitrogens with one attached hydrogen (secondary N) is 2. The number of halogens is 1. The summed E-state index contributed by atoms with van der Waals surface area (Å²) in [6.07, 6.45) is 3.98. The molecule has 1 saturated carbocycles. The van der Waals surface area contributed by atoms with Crippen molar-refractivity contribution in [2.45, 2.75) is 45.2 Å². The average Bonchev–Trinajstić information content (AvgIpc) is 3.24. The minimum absolute atomic E-state index is 0.0255. The van der Waals surface area contributed by atoms with Crippen LogP contribution in [0.5, 0.6) is 11.5 Å². The Balaban J connectivity index is 1.45. The molecule has 2 aromatic rings. The first-order valence-electron chi connectivity index (χ1n) is 9.62. The molecule has 2 aromatic carbocycles. The van der Waals surface area contributed by atoms with E-state index >= 15 is 0 Å². The predicted molar refractivity (Wildman–Crippen MR) is 104 cm³/mol. The molecule has 1 fully saturated rings. The lowest BCUT2D eigenvalue weighted by molar-refractivity contribution is -0.130. The molecule has 0 heterocycles. The fourth-order valence-corrected chi connectivity index (χ4v) is 3.24. The van der Waals surface area contributed by atoms with Crippen molar-refractivity contribution in [1.82, 2.24) is 10.6 Å². The molecule has 0 spiro atoms. The summed E-state index contributed by atoms with van der Waals surface area (Å²) in [5.74, 6) is 0.671. The van der Waals surface area contributed by atoms with Crippen LogP contribution in [-0.2, 0) is 16.1 Å². The molecule has 0 saturated heterocycles. The summed E-state index contributed by atoms with van der Waals surface area (Å²) in [7, 11) is 0. The Morgan fingerprint density at radius 3 is 2.21 bits per heavy atom. The summed E-state index contributed by atoms with van der Waals surface area (Å²) in [5.41, 5.74) is 0.911. The third-order valence-electron chi connectivity index (χ3n) is 4.92. The lowest BCUT2D eigenvalue weighted by atomic mass is 10.1. The van der Waals surface area contributed by atoms with Gasteiger partial charge >= 0.3 is 0 Å². The predicted octanol–water partition coefficient (Wildman–Crippen LogP) is 3.93. The monoisotopic (exact) mass is 384 g/mol. The number of rotatable bonds is 7. The van der Waals surface area contributed by atoms with Crippen LogP contribution < -0.4 is 15.4 Å². The van der Waals surface area contributed by atoms with Crippen LogP contribution in [0.3, 0.4) is 0 Å². The van der Waals surface area contributed by atoms with Gasteiger partial charge < -0.3 is 15.4 Å². The van der Waals surface area contributed by atoms with Gasteiger partial charge in [-0.05, 0) is 61.7 Å². The fraction of sp³-hybridized carbons (Fsp3) is 0.364. The zero-order valence-electron chi connectivity index (χ0n) is 15.9. The van der Waals surface area contributed by atoms with Crippen molar-refractivity contribution < 1.29 is 18.7 Å². The van der Waals surface area contributed by atoms with Gasteiger partial charge in [0, 0.05) is 12.5 Å². The van der Waals surface area contributed by atoms with Gasteiger partial charge in [0.05, 0.1) is 0 Å². The maximum Gasteiger partial charge on any atom is 0.242 e. The molecule has 1 aliphatic carbocycles. The molecule has 3 rings (SSSR count). The molecule has 6 heteroatoms. The Labute approximate surface area is 164 Å². The third-order valence-corrected chi connectivity index (χ3v) is 4.92. The van der Waals surface area contributed by atoms with E-state index in [-0.39, 0.29) is 23.5 Å². The molecule has 1 aliphatic rings. The number of carbonyl (C=O) groups is 2. The summed E-state index contributed by atoms with van der Waals surface area (Å²) in [4.78, 5) is 24.3. The number of hydrogen-bond donors (Lipinski definition) is 2. The Hall–Kier alpha value is -2.89. The van der Waals surface area contributed by atoms with E-state index in [2.05, 4.69) is 10.6 Å². The van der Waals surface area contributed by atoms with E-state index in [1.165, 1.54) is 12.1 Å². The summed E-state index contributed by atoms with van der Waals surface area (Å²) < 4.78 is 18.6. The number of carbonyl (C=O) groups excluding carboxylic acids is 2. The normalized spacial score (nSPS) is 15.1. The topological polar surface area (TPSA) is 67.4 Å². The van der Waals surface area contributed by atoms with E-state index in [1.54, 1.807) is 31.2 Å². The highest BCUT2D eigenvalue weighted by Gasteiger charge is 2.25. The van der Waals surface area contributed by atoms with Crippen LogP contribution in [0.2, 0.25) is 0 Å². The van der Waals surface area contributed by atoms with Gasteiger partial charge in [0.2, 0.25) is 11.8 Å². The van der Waals surface area contributed by atoms with E-state index in [0.29, 0.717) is 18.0 Å². The zero-order chi connectivity index (χ0) is 19.9. The Kier molecular flexibility index (Phi) is 6.63. The largest absolute Gasteiger partial charge is 0.457 e. The number of ether oxygens (including phenoxy) is 1. The highest BCUT2D eigenvalue weighted by Crippen LogP contribution is 2.25. The van der Waals surface area contributed by atoms with Crippen molar-refractivity contribution in [2.75, 3.05) is 0 Å². The van der Waals surface area contributed by atoms with Gasteiger partial charge in [0.1, 0.15) is 23.4 Å². The second-order valence-electron chi connectivity index (χ2n) is 7.13. The van der Waals surface area contributed by atoms with E-state index < -0.39 is 6.04 Å². The molecule has 28 heavy (non-hydrogen) atoms. The molecule has 1 atom stereocenters. The van der Waals surface area contributed by atoms with Crippen molar-refractivity contribution >= 4 is 11.8 Å². The fourth-order valence-electron chi connectivity index (χ4n) is 3.24. The van der Waals surface area contributed by atoms with Crippen LogP contribution in [0.4, 0.5) is 4.39 Å². The van der Waals surface area contributed by atoms with Crippen LogP contribution in [0.15, 0.2) is 48.5 Å². The first-order valence-corrected chi connectivity index (χ1v) is 9.62. The molecule has 0 unspecified atom stereocenters. The zero-order valence-corrected chi connectivity index (χ0v) is 15.9. The van der Waals surface area contributed by atoms with E-state index in [0.717, 1.165) is 31.2 Å². The molecule has 5 nitrogen and oxygen atoms in total. The number of hydrogen-bond acceptors (Lipinski definition) is 3. The third kappa shape index (κ3) is 5.55. The van der Waals surface area contributed by atoms with Gasteiger partial charge in [-0.25, -0.2) is 4.39 Å². The van der Waals surface area contributed by atoms with Gasteiger partial charge in [-0.2, -0.15) is 0 Å². The molecule has 2 N–H and O–H groups in total. The molecule has 0 aromatic heterocycles. The van der Waals surface area contributed by atoms with Crippen molar-refractivity contribution in [3.8, 4) is 11.5 Å². The highest BCUT2D eigenvalue weighted by molar-refractivity contribution is 5.88. The second kappa shape index (κ2) is 9.35. The Bertz CT molecular complexity index is 800. The lowest BCUT2D eigenvalue weighted by Crippen LogP contribution is -2.46. The molecular weight excluding hydrogens is 359 g/mol. The smallest absolute Gasteiger partial charge is 0.242 e. The van der Waals surface area contributed by atoms with Gasteiger partial charge in [-0.3, -0.25) is 9.59 Å². The maximum absolute atomic E-state index is 12.9. The lowest BCUT2D eigenvalue weighted by Gasteiger charge is -2.17. The summed E-state index contributed by atoms with van der Waals surface area (Å²) in [6, 6.07) is 12.5. The molecule has 0 radical (unpaired) electrons. The van der Waals surface area contributed by atoms with Gasteiger partial charge in [-0.1, -0.05) is 25.0 Å². The van der Waals surface area contributed by atoms with Gasteiger partial charge in [-0.15, -0.1) is 0 Å². The van der Waals surface area contributed by atoms with Crippen molar-refractivity contribution in [3.05, 3.63) is 59.9 Å². The van der Waals surface area contributed by atoms with Crippen LogP contribution >= 0.6 is 0 Å². The Morgan fingerprint density at radius 2 is 1.61 bits per heavy atom. The van der Waals surface area contributed by atoms with Crippen molar-refractivity contribution in [3.63, 3.8) is 0 Å². The first-order chi connectivity index (χ1) is 13.5. The van der Waals surface area contributed by atoms with E-state index in [1.807, 2.05) is 12.1 Å². The standard InChI is InChI=1S/C22H25FN2O3/c1-15(25-22(27)17-4-2-3-5-17)21(26)24-14-16-6-10-19(11-7-16)28-20-12-8-18(23)9-13-20/h6-13,15,17H,2-5,14H2,1H3,(H,24,26)(H,25,27)/t15-/m0/s1. The quantitative estimate of drug-likeness (QED) is 0.760. The van der Waals surface area contributed by atoms with E-state index in [9.17, 15) is 14.0 Å². The molecule has 0 aliphatic heterocycles. The number of benzene rings is 2. The summed E-state index contributed by atoms with van der Waals surface area (Å²) in [6.45, 7) is 2.06. The minimum atomic E-state index is -0.561. The second-order valence-corrected chi connectivity index (χ2v) is 7.13. The van der Waals surface area contributed by atoms with Crippen molar-refractivity contribution in [2.24, 2.45) is 5.92 Å². The first kappa shape index (κ1) is 19.9. The van der Waals surface area contributed by atoms with Crippen LogP contribution in [0.25, 0.3) is 0 Å². The molecule has 2 amide bonds. The van der Waals surface area contributed by atoms with Crippen LogP contribution in [-0.4, -0.2) is 17.9 Å². The number of amides is 2. The maximum atomic E-state index is 12.9. The minimum Gasteiger partial charge on any atom is -0.457 e. The van der Waals surface area contributed by atoms with Crippen LogP contribution in [0, 0.1) is 11.7 Å². The molecular formula is C22H25FN2O3. The van der Waals surface area contributed by atoms with Crippen molar-refractivity contribution in [1.29, 1.82) is 0 Å². The Morgan fingerprint density at radius 1 is 1.04 bits per heavy atom. The summed E-state index contributed by atoms with van der Waals surface area (Å²) >= 11 is 0. The molecule has 148 valence electrons. The average molecular weight is 384 g/mol. The van der Waals surface area contributed by atoms with Gasteiger partial charge in [0.15, 0.2) is 0 Å². The highest BCUT2D eigenvalue weighted by atomic mass is 19.1. The van der Waals surface area contributed by atoms with Crippen LogP contribution in [0.1, 0.15) is 38.2 Å².